The largest absolute Gasteiger partial charge is 0.480 e. The van der Waals surface area contributed by atoms with Crippen molar-refractivity contribution in [1.82, 2.24) is 24.1 Å². The lowest BCUT2D eigenvalue weighted by Gasteiger charge is -2.19. The van der Waals surface area contributed by atoms with E-state index in [1.165, 1.54) is 0 Å². The van der Waals surface area contributed by atoms with Gasteiger partial charge in [0.2, 0.25) is 0 Å². The van der Waals surface area contributed by atoms with Gasteiger partial charge in [-0.05, 0) is 88.1 Å². The third-order valence-electron chi connectivity index (χ3n) is 9.90. The zero-order valence-corrected chi connectivity index (χ0v) is 36.0. The summed E-state index contributed by atoms with van der Waals surface area (Å²) in [6, 6.07) is 24.5. The van der Waals surface area contributed by atoms with E-state index >= 15 is 0 Å². The molecule has 16 nitrogen and oxygen atoms in total. The van der Waals surface area contributed by atoms with Gasteiger partial charge in [-0.1, -0.05) is 60.7 Å². The molecule has 0 spiro atoms. The molecule has 6 aromatic rings. The molecular weight excluding hydrogens is 809 g/mol. The highest BCUT2D eigenvalue weighted by Crippen LogP contribution is 2.44. The Morgan fingerprint density at radius 1 is 0.667 bits per heavy atom. The van der Waals surface area contributed by atoms with Gasteiger partial charge in [0.1, 0.15) is 54.4 Å². The first-order chi connectivity index (χ1) is 29.8. The molecule has 16 heteroatoms. The highest BCUT2D eigenvalue weighted by Gasteiger charge is 2.31. The maximum Gasteiger partial charge on any atom is 0.407 e. The number of nitrogens with two attached hydrogens (primary N) is 1. The molecule has 0 saturated heterocycles. The number of nitrogens with zero attached hydrogens (tertiary/aromatic N) is 4. The third kappa shape index (κ3) is 11.5. The van der Waals surface area contributed by atoms with Gasteiger partial charge < -0.3 is 44.3 Å². The standard InChI is InChI=1S/C31H31N3O6.C16H21N3O4/c1-31(2,3)40-28(35)17-27-32-24(26-14-8-9-15-34(26)27)16-25(29(36)37)33-30(38)39-18-23-21-12-6-4-10-19(21)20-11-5-7-13-22(20)23;1-16(2,3)23-14(20)9-13-18-11(8-10(17)15(21)22)12-6-4-5-7-19(12)13/h4-15,23,25H,16-18H2,1-3H3,(H,33,38)(H,36,37);4-7,10H,8-9,17H2,1-3H3,(H,21,22)/t25-;10-/m00/s1. The predicted octanol–water partition coefficient (Wildman–Crippen LogP) is 5.93. The first-order valence-corrected chi connectivity index (χ1v) is 20.4. The molecule has 0 fully saturated rings. The highest BCUT2D eigenvalue weighted by atomic mass is 16.6. The molecule has 0 bridgehead atoms. The van der Waals surface area contributed by atoms with Crippen molar-refractivity contribution < 1.29 is 48.4 Å². The second kappa shape index (κ2) is 18.9. The molecule has 0 radical (unpaired) electrons. The third-order valence-corrected chi connectivity index (χ3v) is 9.90. The summed E-state index contributed by atoms with van der Waals surface area (Å²) < 4.78 is 19.8. The molecule has 0 aliphatic heterocycles. The average molecular weight is 861 g/mol. The van der Waals surface area contributed by atoms with Gasteiger partial charge in [0.15, 0.2) is 0 Å². The normalized spacial score (nSPS) is 13.3. The van der Waals surface area contributed by atoms with Crippen LogP contribution >= 0.6 is 0 Å². The Labute approximate surface area is 364 Å². The van der Waals surface area contributed by atoms with Gasteiger partial charge >= 0.3 is 30.0 Å². The predicted molar refractivity (Wildman–Crippen MR) is 232 cm³/mol. The van der Waals surface area contributed by atoms with Gasteiger partial charge in [0, 0.05) is 31.2 Å². The number of rotatable bonds is 13. The van der Waals surface area contributed by atoms with Gasteiger partial charge in [0.25, 0.3) is 0 Å². The van der Waals surface area contributed by atoms with Gasteiger partial charge in [-0.25, -0.2) is 19.6 Å². The number of amides is 1. The summed E-state index contributed by atoms with van der Waals surface area (Å²) in [6.45, 7) is 10.8. The number of aliphatic carboxylic acids is 2. The Hall–Kier alpha value is -7.07. The van der Waals surface area contributed by atoms with Crippen molar-refractivity contribution >= 4 is 41.0 Å². The molecule has 5 N–H and O–H groups in total. The SMILES string of the molecule is CC(C)(C)OC(=O)Cc1nc(C[C@H](N)C(=O)O)c2ccccn12.CC(C)(C)OC(=O)Cc1nc(C[C@H](NC(=O)OCC2c3ccccc3-c3ccccc32)C(=O)O)c2ccccn12. The number of carboxylic acid groups (broad SMARTS) is 2. The maximum absolute atomic E-state index is 12.8. The van der Waals surface area contributed by atoms with Crippen LogP contribution in [0.1, 0.15) is 81.6 Å². The fourth-order valence-corrected chi connectivity index (χ4v) is 7.38. The van der Waals surface area contributed by atoms with Gasteiger partial charge in [0.05, 0.1) is 22.4 Å². The minimum atomic E-state index is -1.29. The van der Waals surface area contributed by atoms with Crippen molar-refractivity contribution in [3.63, 3.8) is 0 Å². The minimum absolute atomic E-state index is 0.00472. The smallest absolute Gasteiger partial charge is 0.407 e. The minimum Gasteiger partial charge on any atom is -0.480 e. The maximum atomic E-state index is 12.8. The summed E-state index contributed by atoms with van der Waals surface area (Å²) in [5, 5.41) is 21.3. The monoisotopic (exact) mass is 860 g/mol. The number of aromatic nitrogens is 4. The summed E-state index contributed by atoms with van der Waals surface area (Å²) in [4.78, 5) is 69.3. The lowest BCUT2D eigenvalue weighted by molar-refractivity contribution is -0.155. The van der Waals surface area contributed by atoms with Crippen LogP contribution < -0.4 is 11.1 Å². The van der Waals surface area contributed by atoms with Crippen LogP contribution in [-0.4, -0.2) is 88.8 Å². The molecule has 7 rings (SSSR count). The fourth-order valence-electron chi connectivity index (χ4n) is 7.38. The molecule has 0 unspecified atom stereocenters. The van der Waals surface area contributed by atoms with E-state index in [1.807, 2.05) is 66.7 Å². The number of ether oxygens (including phenoxy) is 3. The lowest BCUT2D eigenvalue weighted by atomic mass is 9.98. The molecule has 2 aromatic carbocycles. The van der Waals surface area contributed by atoms with E-state index in [1.54, 1.807) is 80.9 Å². The summed E-state index contributed by atoms with van der Waals surface area (Å²) in [5.74, 6) is -2.36. The Balaban J connectivity index is 0.000000244. The number of benzene rings is 2. The van der Waals surface area contributed by atoms with Crippen molar-refractivity contribution in [2.45, 2.75) is 96.4 Å². The zero-order chi connectivity index (χ0) is 45.6. The quantitative estimate of drug-likeness (QED) is 0.0782. The molecule has 1 aliphatic rings. The molecule has 1 amide bonds. The summed E-state index contributed by atoms with van der Waals surface area (Å²) in [5.41, 5.74) is 11.1. The molecule has 1 aliphatic carbocycles. The molecule has 2 atom stereocenters. The number of esters is 2. The highest BCUT2D eigenvalue weighted by molar-refractivity contribution is 5.82. The van der Waals surface area contributed by atoms with Crippen molar-refractivity contribution in [1.29, 1.82) is 0 Å². The number of imidazole rings is 2. The van der Waals surface area contributed by atoms with E-state index < -0.39 is 47.3 Å². The zero-order valence-electron chi connectivity index (χ0n) is 36.0. The number of alkyl carbamates (subject to hydrolysis) is 1. The number of nitrogens with one attached hydrogen (secondary N) is 1. The van der Waals surface area contributed by atoms with Crippen LogP contribution in [0.4, 0.5) is 4.79 Å². The number of carbonyl (C=O) groups is 5. The fraction of sp³-hybridized carbons (Fsp3) is 0.340. The topological polar surface area (TPSA) is 226 Å². The van der Waals surface area contributed by atoms with E-state index in [0.717, 1.165) is 27.8 Å². The molecule has 330 valence electrons. The Morgan fingerprint density at radius 3 is 1.56 bits per heavy atom. The van der Waals surface area contributed by atoms with Gasteiger partial charge in [-0.3, -0.25) is 14.4 Å². The first-order valence-electron chi connectivity index (χ1n) is 20.4. The second-order valence-electron chi connectivity index (χ2n) is 17.1. The van der Waals surface area contributed by atoms with E-state index in [-0.39, 0.29) is 44.2 Å². The van der Waals surface area contributed by atoms with Crippen LogP contribution in [0, 0.1) is 0 Å². The number of carbonyl (C=O) groups excluding carboxylic acids is 3. The number of carboxylic acids is 2. The lowest BCUT2D eigenvalue weighted by Crippen LogP contribution is -2.43. The Morgan fingerprint density at radius 2 is 1.11 bits per heavy atom. The number of pyridine rings is 2. The van der Waals surface area contributed by atoms with E-state index in [9.17, 15) is 29.1 Å². The van der Waals surface area contributed by atoms with Crippen molar-refractivity contribution in [2.75, 3.05) is 6.61 Å². The van der Waals surface area contributed by atoms with Crippen molar-refractivity contribution in [3.05, 3.63) is 131 Å². The van der Waals surface area contributed by atoms with E-state index in [4.69, 9.17) is 25.1 Å². The van der Waals surface area contributed by atoms with E-state index in [0.29, 0.717) is 28.6 Å². The average Bonchev–Trinajstić information content (AvgIpc) is 3.84. The Bertz CT molecular complexity index is 2610. The van der Waals surface area contributed by atoms with Gasteiger partial charge in [-0.2, -0.15) is 0 Å². The van der Waals surface area contributed by atoms with Crippen LogP contribution in [-0.2, 0) is 59.1 Å². The van der Waals surface area contributed by atoms with E-state index in [2.05, 4.69) is 15.3 Å². The van der Waals surface area contributed by atoms with Crippen molar-refractivity contribution in [3.8, 4) is 11.1 Å². The van der Waals surface area contributed by atoms with Crippen LogP contribution in [0.25, 0.3) is 22.2 Å². The van der Waals surface area contributed by atoms with Crippen LogP contribution in [0.15, 0.2) is 97.3 Å². The molecule has 4 aromatic heterocycles. The Kier molecular flexibility index (Phi) is 13.6. The van der Waals surface area contributed by atoms with Crippen LogP contribution in [0.5, 0.6) is 0 Å². The number of hydrogen-bond donors (Lipinski definition) is 4. The molecule has 63 heavy (non-hydrogen) atoms. The summed E-state index contributed by atoms with van der Waals surface area (Å²) in [6.07, 6.45) is 2.62. The molecule has 0 saturated carbocycles. The molecular formula is C47H52N6O10. The first kappa shape index (κ1) is 45.5. The second-order valence-corrected chi connectivity index (χ2v) is 17.1. The van der Waals surface area contributed by atoms with Crippen LogP contribution in [0.2, 0.25) is 0 Å². The summed E-state index contributed by atoms with van der Waals surface area (Å²) in [7, 11) is 0. The van der Waals surface area contributed by atoms with Crippen molar-refractivity contribution in [2.24, 2.45) is 5.73 Å². The van der Waals surface area contributed by atoms with Gasteiger partial charge in [-0.15, -0.1) is 0 Å². The number of hydrogen-bond acceptors (Lipinski definition) is 11. The van der Waals surface area contributed by atoms with Crippen LogP contribution in [0.3, 0.4) is 0 Å². The number of fused-ring (bicyclic) bond motifs is 5. The molecule has 4 heterocycles. The summed E-state index contributed by atoms with van der Waals surface area (Å²) >= 11 is 0.